The summed E-state index contributed by atoms with van der Waals surface area (Å²) in [7, 11) is 0. The Kier molecular flexibility index (Phi) is 6.76. The van der Waals surface area contributed by atoms with Gasteiger partial charge in [-0.3, -0.25) is 5.43 Å². The number of halogens is 2. The zero-order chi connectivity index (χ0) is 21.6. The van der Waals surface area contributed by atoms with Gasteiger partial charge in [0.15, 0.2) is 0 Å². The van der Waals surface area contributed by atoms with Crippen LogP contribution in [0, 0.1) is 0 Å². The Bertz CT molecular complexity index is 1220. The van der Waals surface area contributed by atoms with Gasteiger partial charge in [-0.1, -0.05) is 51.8 Å². The molecule has 5 nitrogen and oxygen atoms in total. The summed E-state index contributed by atoms with van der Waals surface area (Å²) in [5.41, 5.74) is 5.89. The number of rotatable bonds is 6. The van der Waals surface area contributed by atoms with Crippen LogP contribution in [0.25, 0.3) is 11.3 Å². The molecular weight excluding hydrogens is 498 g/mol. The highest BCUT2D eigenvalue weighted by Crippen LogP contribution is 2.26. The monoisotopic (exact) mass is 511 g/mol. The molecule has 0 aliphatic heterocycles. The third-order valence-corrected chi connectivity index (χ3v) is 5.74. The van der Waals surface area contributed by atoms with E-state index in [0.717, 1.165) is 15.7 Å². The lowest BCUT2D eigenvalue weighted by Crippen LogP contribution is -2.09. The summed E-state index contributed by atoms with van der Waals surface area (Å²) in [6, 6.07) is 21.6. The largest absolute Gasteiger partial charge is 0.422 e. The summed E-state index contributed by atoms with van der Waals surface area (Å²) in [6.07, 6.45) is 1.59. The smallest absolute Gasteiger partial charge is 0.343 e. The van der Waals surface area contributed by atoms with Crippen LogP contribution in [0.3, 0.4) is 0 Å². The minimum Gasteiger partial charge on any atom is -0.422 e. The van der Waals surface area contributed by atoms with E-state index in [1.165, 1.54) is 11.3 Å². The van der Waals surface area contributed by atoms with E-state index in [4.69, 9.17) is 16.3 Å². The van der Waals surface area contributed by atoms with E-state index in [9.17, 15) is 4.79 Å². The van der Waals surface area contributed by atoms with E-state index in [-0.39, 0.29) is 0 Å². The normalized spacial score (nSPS) is 10.9. The molecule has 0 aliphatic rings. The van der Waals surface area contributed by atoms with Gasteiger partial charge in [0.2, 0.25) is 5.13 Å². The van der Waals surface area contributed by atoms with Crippen LogP contribution in [0.5, 0.6) is 5.75 Å². The molecule has 0 saturated heterocycles. The van der Waals surface area contributed by atoms with Gasteiger partial charge in [0.25, 0.3) is 0 Å². The lowest BCUT2D eigenvalue weighted by molar-refractivity contribution is 0.0734. The molecule has 0 fully saturated rings. The average molecular weight is 513 g/mol. The van der Waals surface area contributed by atoms with Gasteiger partial charge < -0.3 is 4.74 Å². The second-order valence-corrected chi connectivity index (χ2v) is 8.56. The van der Waals surface area contributed by atoms with Gasteiger partial charge in [-0.15, -0.1) is 11.3 Å². The van der Waals surface area contributed by atoms with Gasteiger partial charge in [0.1, 0.15) is 5.75 Å². The van der Waals surface area contributed by atoms with Crippen molar-refractivity contribution in [3.05, 3.63) is 98.8 Å². The highest BCUT2D eigenvalue weighted by molar-refractivity contribution is 9.10. The first-order valence-electron chi connectivity index (χ1n) is 9.16. The summed E-state index contributed by atoms with van der Waals surface area (Å²) in [5, 5.41) is 7.42. The first-order chi connectivity index (χ1) is 15.1. The Morgan fingerprint density at radius 1 is 1.06 bits per heavy atom. The number of nitrogens with one attached hydrogen (secondary N) is 1. The molecule has 154 valence electrons. The van der Waals surface area contributed by atoms with E-state index < -0.39 is 5.97 Å². The molecule has 8 heteroatoms. The van der Waals surface area contributed by atoms with Crippen LogP contribution in [0.1, 0.15) is 15.9 Å². The number of anilines is 1. The van der Waals surface area contributed by atoms with Crippen LogP contribution in [0.15, 0.2) is 87.8 Å². The van der Waals surface area contributed by atoms with Crippen molar-refractivity contribution >= 4 is 56.2 Å². The first kappa shape index (κ1) is 21.2. The van der Waals surface area contributed by atoms with E-state index in [0.29, 0.717) is 27.0 Å². The summed E-state index contributed by atoms with van der Waals surface area (Å²) >= 11 is 10.8. The molecule has 1 heterocycles. The van der Waals surface area contributed by atoms with Crippen molar-refractivity contribution < 1.29 is 9.53 Å². The van der Waals surface area contributed by atoms with Crippen LogP contribution < -0.4 is 10.2 Å². The molecule has 4 rings (SSSR count). The first-order valence-corrected chi connectivity index (χ1v) is 11.2. The number of hydrazone groups is 1. The minimum atomic E-state index is -0.468. The number of carbonyl (C=O) groups is 1. The van der Waals surface area contributed by atoms with Gasteiger partial charge in [-0.2, -0.15) is 5.10 Å². The van der Waals surface area contributed by atoms with E-state index >= 15 is 0 Å². The van der Waals surface area contributed by atoms with Crippen molar-refractivity contribution in [1.29, 1.82) is 0 Å². The molecule has 31 heavy (non-hydrogen) atoms. The van der Waals surface area contributed by atoms with Crippen molar-refractivity contribution in [3.63, 3.8) is 0 Å². The molecule has 0 saturated carbocycles. The fourth-order valence-corrected chi connectivity index (χ4v) is 3.72. The Hall–Kier alpha value is -3.00. The minimum absolute atomic E-state index is 0.405. The third-order valence-electron chi connectivity index (χ3n) is 4.21. The Morgan fingerprint density at radius 3 is 2.58 bits per heavy atom. The van der Waals surface area contributed by atoms with Crippen LogP contribution >= 0.6 is 38.9 Å². The summed E-state index contributed by atoms with van der Waals surface area (Å²) in [4.78, 5) is 16.9. The van der Waals surface area contributed by atoms with Gasteiger partial charge in [-0.25, -0.2) is 9.78 Å². The highest BCUT2D eigenvalue weighted by Gasteiger charge is 2.11. The number of esters is 1. The van der Waals surface area contributed by atoms with Crippen LogP contribution in [-0.2, 0) is 0 Å². The number of hydrogen-bond acceptors (Lipinski definition) is 6. The van der Waals surface area contributed by atoms with E-state index in [1.807, 2.05) is 41.8 Å². The number of para-hydroxylation sites is 1. The van der Waals surface area contributed by atoms with Gasteiger partial charge >= 0.3 is 5.97 Å². The topological polar surface area (TPSA) is 63.6 Å². The molecule has 1 N–H and O–H groups in total. The molecule has 3 aromatic carbocycles. The lowest BCUT2D eigenvalue weighted by Gasteiger charge is -2.07. The number of benzene rings is 3. The Labute approximate surface area is 196 Å². The zero-order valence-corrected chi connectivity index (χ0v) is 19.1. The molecule has 0 aliphatic carbocycles. The van der Waals surface area contributed by atoms with Crippen molar-refractivity contribution in [2.45, 2.75) is 0 Å². The highest BCUT2D eigenvalue weighted by atomic mass is 79.9. The fourth-order valence-electron chi connectivity index (χ4n) is 2.66. The predicted molar refractivity (Wildman–Crippen MR) is 129 cm³/mol. The second kappa shape index (κ2) is 9.87. The number of ether oxygens (including phenoxy) is 1. The second-order valence-electron chi connectivity index (χ2n) is 6.35. The molecule has 0 atom stereocenters. The quantitative estimate of drug-likeness (QED) is 0.132. The molecule has 0 amide bonds. The SMILES string of the molecule is O=C(Oc1ccccc1/C=N/Nc1nc(-c2ccc(Br)cc2)cs1)c1ccc(Cl)cc1. The average Bonchev–Trinajstić information content (AvgIpc) is 3.25. The lowest BCUT2D eigenvalue weighted by atomic mass is 10.2. The molecule has 0 bridgehead atoms. The standard InChI is InChI=1S/C23H15BrClN3O2S/c24-18-9-5-15(6-10-18)20-14-31-23(27-20)28-26-13-17-3-1-2-4-21(17)30-22(29)16-7-11-19(25)12-8-16/h1-14H,(H,27,28)/b26-13+. The van der Waals surface area contributed by atoms with Gasteiger partial charge in [0, 0.05) is 26.0 Å². The molecule has 0 spiro atoms. The molecule has 1 aromatic heterocycles. The third kappa shape index (κ3) is 5.58. The Balaban J connectivity index is 1.43. The van der Waals surface area contributed by atoms with Crippen molar-refractivity contribution in [1.82, 2.24) is 4.98 Å². The predicted octanol–water partition coefficient (Wildman–Crippen LogP) is 6.89. The zero-order valence-electron chi connectivity index (χ0n) is 16.0. The van der Waals surface area contributed by atoms with E-state index in [1.54, 1.807) is 42.6 Å². The Morgan fingerprint density at radius 2 is 1.81 bits per heavy atom. The van der Waals surface area contributed by atoms with Crippen molar-refractivity contribution in [3.8, 4) is 17.0 Å². The molecule has 0 unspecified atom stereocenters. The maximum absolute atomic E-state index is 12.4. The molecule has 0 radical (unpaired) electrons. The summed E-state index contributed by atoms with van der Waals surface area (Å²) in [6.45, 7) is 0. The van der Waals surface area contributed by atoms with E-state index in [2.05, 4.69) is 31.4 Å². The molecular formula is C23H15BrClN3O2S. The number of thiazole rings is 1. The number of hydrogen-bond donors (Lipinski definition) is 1. The number of carbonyl (C=O) groups excluding carboxylic acids is 1. The maximum atomic E-state index is 12.4. The van der Waals surface area contributed by atoms with Gasteiger partial charge in [-0.05, 0) is 48.5 Å². The van der Waals surface area contributed by atoms with Crippen molar-refractivity contribution in [2.24, 2.45) is 5.10 Å². The number of aromatic nitrogens is 1. The summed E-state index contributed by atoms with van der Waals surface area (Å²) in [5.74, 6) is -0.0628. The van der Waals surface area contributed by atoms with Crippen LogP contribution in [0.2, 0.25) is 5.02 Å². The van der Waals surface area contributed by atoms with Crippen LogP contribution in [0.4, 0.5) is 5.13 Å². The molecule has 4 aromatic rings. The fraction of sp³-hybridized carbons (Fsp3) is 0. The van der Waals surface area contributed by atoms with Gasteiger partial charge in [0.05, 0.1) is 17.5 Å². The van der Waals surface area contributed by atoms with Crippen LogP contribution in [-0.4, -0.2) is 17.2 Å². The maximum Gasteiger partial charge on any atom is 0.343 e. The van der Waals surface area contributed by atoms with Crippen molar-refractivity contribution in [2.75, 3.05) is 5.43 Å². The number of nitrogens with zero attached hydrogens (tertiary/aromatic N) is 2. The summed E-state index contributed by atoms with van der Waals surface area (Å²) < 4.78 is 6.55.